The normalized spacial score (nSPS) is 8.78. The van der Waals surface area contributed by atoms with Crippen molar-refractivity contribution >= 4 is 33.6 Å². The second kappa shape index (κ2) is 37.4. The van der Waals surface area contributed by atoms with E-state index in [2.05, 4.69) is 54.7 Å². The van der Waals surface area contributed by atoms with E-state index in [1.165, 1.54) is 0 Å². The van der Waals surface area contributed by atoms with Crippen molar-refractivity contribution in [2.75, 3.05) is 10.6 Å². The third kappa shape index (κ3) is 32.6. The van der Waals surface area contributed by atoms with Gasteiger partial charge in [-0.2, -0.15) is 97.1 Å². The molecular weight excluding hydrogens is 666 g/mol. The number of rotatable bonds is 6. The molecule has 2 N–H and O–H groups in total. The fourth-order valence-corrected chi connectivity index (χ4v) is 2.56. The summed E-state index contributed by atoms with van der Waals surface area (Å²) in [6.45, 7) is 24.1. The summed E-state index contributed by atoms with van der Waals surface area (Å²) in [5.74, 6) is 0. The molecular formula is C33H42N2O2SY2-4. The van der Waals surface area contributed by atoms with Gasteiger partial charge < -0.3 is 10.6 Å². The van der Waals surface area contributed by atoms with Crippen molar-refractivity contribution in [3.8, 4) is 0 Å². The zero-order valence-corrected chi connectivity index (χ0v) is 31.5. The van der Waals surface area contributed by atoms with Crippen LogP contribution in [-0.2, 0) is 65.4 Å². The quantitative estimate of drug-likeness (QED) is 0.232. The molecule has 2 rings (SSSR count). The summed E-state index contributed by atoms with van der Waals surface area (Å²) < 4.78 is 0. The number of carbonyl (C=O) groups excluding carboxylic acids is 2. The number of nitrogens with one attached hydrogen (secondary N) is 2. The van der Waals surface area contributed by atoms with Gasteiger partial charge in [0.2, 0.25) is 0 Å². The summed E-state index contributed by atoms with van der Waals surface area (Å²) in [5, 5.41) is 4.39. The predicted molar refractivity (Wildman–Crippen MR) is 169 cm³/mol. The van der Waals surface area contributed by atoms with Gasteiger partial charge in [-0.25, -0.2) is 12.2 Å². The summed E-state index contributed by atoms with van der Waals surface area (Å²) in [5.41, 5.74) is 3.20. The van der Waals surface area contributed by atoms with Crippen LogP contribution in [0.5, 0.6) is 0 Å². The number of aryl methyl sites for hydroxylation is 2. The number of anilines is 2. The number of hydrogen-bond donors (Lipinski definition) is 2. The Morgan fingerprint density at radius 3 is 1.55 bits per heavy atom. The van der Waals surface area contributed by atoms with Crippen LogP contribution in [0.25, 0.3) is 0 Å². The van der Waals surface area contributed by atoms with E-state index in [9.17, 15) is 9.59 Å². The Bertz CT molecular complexity index is 965. The average molecular weight is 709 g/mol. The van der Waals surface area contributed by atoms with Crippen molar-refractivity contribution in [1.82, 2.24) is 0 Å². The van der Waals surface area contributed by atoms with Crippen LogP contribution in [0.3, 0.4) is 0 Å². The van der Waals surface area contributed by atoms with Crippen LogP contribution >= 0.6 is 11.8 Å². The third-order valence-electron chi connectivity index (χ3n) is 3.37. The van der Waals surface area contributed by atoms with Gasteiger partial charge in [-0.1, -0.05) is 59.8 Å². The molecule has 0 aromatic heterocycles. The van der Waals surface area contributed by atoms with Crippen molar-refractivity contribution in [3.63, 3.8) is 0 Å². The van der Waals surface area contributed by atoms with Crippen molar-refractivity contribution < 1.29 is 75.0 Å². The molecule has 4 nitrogen and oxygen atoms in total. The van der Waals surface area contributed by atoms with E-state index in [1.54, 1.807) is 36.4 Å². The van der Waals surface area contributed by atoms with Gasteiger partial charge in [-0.15, -0.1) is 18.7 Å². The van der Waals surface area contributed by atoms with E-state index in [1.807, 2.05) is 91.0 Å². The first-order valence-electron chi connectivity index (χ1n) is 12.2. The SMILES string of the molecule is C=C/C=C\[C-]=CC.C=C[C-]=CC=C.CC.CC.Cc1c[c-]cc(NC(=O)SC(=O)Nc2c[c-]cc(C)c2)c1.[Y].[Y]. The van der Waals surface area contributed by atoms with Crippen molar-refractivity contribution in [3.05, 3.63) is 134 Å². The van der Waals surface area contributed by atoms with E-state index in [-0.39, 0.29) is 65.4 Å². The largest absolute Gasteiger partial charge is 0.370 e. The smallest absolute Gasteiger partial charge is 0.281 e. The molecule has 2 aromatic carbocycles. The summed E-state index contributed by atoms with van der Waals surface area (Å²) in [4.78, 5) is 23.5. The monoisotopic (exact) mass is 708 g/mol. The maximum atomic E-state index is 11.8. The van der Waals surface area contributed by atoms with Gasteiger partial charge in [-0.05, 0) is 0 Å². The summed E-state index contributed by atoms with van der Waals surface area (Å²) in [6.07, 6.45) is 17.7. The van der Waals surface area contributed by atoms with Gasteiger partial charge in [-0.3, -0.25) is 15.7 Å². The summed E-state index contributed by atoms with van der Waals surface area (Å²) >= 11 is 0.573. The molecule has 0 atom stereocenters. The molecule has 2 amide bonds. The van der Waals surface area contributed by atoms with Gasteiger partial charge in [0.25, 0.3) is 10.5 Å². The number of amides is 2. The predicted octanol–water partition coefficient (Wildman–Crippen LogP) is 10.3. The van der Waals surface area contributed by atoms with Crippen LogP contribution in [0.4, 0.5) is 21.0 Å². The molecule has 0 heterocycles. The summed E-state index contributed by atoms with van der Waals surface area (Å²) in [7, 11) is 0. The molecule has 0 unspecified atom stereocenters. The van der Waals surface area contributed by atoms with Gasteiger partial charge >= 0.3 is 0 Å². The van der Waals surface area contributed by atoms with Gasteiger partial charge in [0.1, 0.15) is 0 Å². The van der Waals surface area contributed by atoms with E-state index in [0.717, 1.165) is 11.1 Å². The molecule has 2 radical (unpaired) electrons. The Morgan fingerprint density at radius 1 is 0.800 bits per heavy atom. The van der Waals surface area contributed by atoms with Crippen LogP contribution in [0.2, 0.25) is 0 Å². The molecule has 212 valence electrons. The minimum atomic E-state index is -0.442. The number of hydrogen-bond acceptors (Lipinski definition) is 3. The fourth-order valence-electron chi connectivity index (χ4n) is 2.05. The van der Waals surface area contributed by atoms with Crippen LogP contribution in [-0.4, -0.2) is 10.5 Å². The van der Waals surface area contributed by atoms with Crippen LogP contribution < -0.4 is 10.6 Å². The number of allylic oxidation sites excluding steroid dienone is 9. The Balaban J connectivity index is -0.000000180. The Hall–Kier alpha value is -1.62. The molecule has 0 aliphatic rings. The standard InChI is InChI=1S/C16H14N2O2S.C7H9.C6H7.2C2H6.2Y/c1-11-5-3-7-13(9-11)17-15(19)21-16(20)18-14-8-4-6-12(2)10-14;1-3-5-7-6-4-2;1-3-5-6-4-2;2*1-2;;/h5-10H,1-2H3,(H,17,19)(H,18,20);3-5,7H,1H2,2H3;3-5H,1-2H2;2*1-2H3;;/q-2;2*-1;;;;/b;7-5-;;;;;. The van der Waals surface area contributed by atoms with E-state index < -0.39 is 10.5 Å². The molecule has 2 aromatic rings. The van der Waals surface area contributed by atoms with Crippen molar-refractivity contribution in [2.24, 2.45) is 0 Å². The molecule has 0 saturated carbocycles. The maximum absolute atomic E-state index is 11.8. The minimum Gasteiger partial charge on any atom is -0.370 e. The molecule has 0 aliphatic heterocycles. The van der Waals surface area contributed by atoms with Gasteiger partial charge in [0.05, 0.1) is 0 Å². The first-order valence-corrected chi connectivity index (χ1v) is 13.1. The molecule has 0 fully saturated rings. The molecule has 40 heavy (non-hydrogen) atoms. The molecule has 0 saturated heterocycles. The van der Waals surface area contributed by atoms with E-state index in [4.69, 9.17) is 0 Å². The average Bonchev–Trinajstić information content (AvgIpc) is 2.91. The zero-order valence-electron chi connectivity index (χ0n) is 25.0. The second-order valence-corrected chi connectivity index (χ2v) is 7.29. The second-order valence-electron chi connectivity index (χ2n) is 6.35. The minimum absolute atomic E-state index is 0. The van der Waals surface area contributed by atoms with E-state index in [0.29, 0.717) is 23.1 Å². The van der Waals surface area contributed by atoms with E-state index >= 15 is 0 Å². The third-order valence-corrected chi connectivity index (χ3v) is 3.95. The number of carbonyl (C=O) groups is 2. The van der Waals surface area contributed by atoms with Gasteiger partial charge in [0, 0.05) is 77.2 Å². The Kier molecular flexibility index (Phi) is 45.0. The maximum Gasteiger partial charge on any atom is 0.281 e. The van der Waals surface area contributed by atoms with Crippen LogP contribution in [0.1, 0.15) is 45.7 Å². The first-order chi connectivity index (χ1) is 18.4. The van der Waals surface area contributed by atoms with Crippen molar-refractivity contribution in [1.29, 1.82) is 0 Å². The fraction of sp³-hybridized carbons (Fsp3) is 0.212. The number of benzene rings is 2. The topological polar surface area (TPSA) is 58.2 Å². The molecule has 7 heteroatoms. The van der Waals surface area contributed by atoms with Crippen LogP contribution in [0, 0.1) is 38.1 Å². The Labute approximate surface area is 298 Å². The first kappa shape index (κ1) is 48.1. The summed E-state index contributed by atoms with van der Waals surface area (Å²) in [6, 6.07) is 16.3. The molecule has 0 aliphatic carbocycles. The molecule has 0 bridgehead atoms. The zero-order chi connectivity index (χ0) is 29.6. The Morgan fingerprint density at radius 2 is 1.25 bits per heavy atom. The molecule has 0 spiro atoms. The van der Waals surface area contributed by atoms with Crippen molar-refractivity contribution in [2.45, 2.75) is 48.5 Å². The van der Waals surface area contributed by atoms with Gasteiger partial charge in [0.15, 0.2) is 0 Å². The number of thioether (sulfide) groups is 1. The van der Waals surface area contributed by atoms with Crippen LogP contribution in [0.15, 0.2) is 98.7 Å².